The van der Waals surface area contributed by atoms with E-state index >= 15 is 0 Å². The van der Waals surface area contributed by atoms with Crippen LogP contribution in [0.1, 0.15) is 0 Å². The number of carbonyl (C=O) groups excluding carboxylic acids is 2. The molecule has 138 valence electrons. The minimum Gasteiger partial charge on any atom is -0.325 e. The Morgan fingerprint density at radius 1 is 0.963 bits per heavy atom. The van der Waals surface area contributed by atoms with Crippen molar-refractivity contribution in [2.24, 2.45) is 0 Å². The molecule has 0 unspecified atom stereocenters. The van der Waals surface area contributed by atoms with Crippen LogP contribution in [0.15, 0.2) is 60.0 Å². The smallest absolute Gasteiger partial charge is 0.236 e. The first-order valence-electron chi connectivity index (χ1n) is 8.04. The largest absolute Gasteiger partial charge is 0.325 e. The van der Waals surface area contributed by atoms with Gasteiger partial charge in [-0.05, 0) is 24.3 Å². The second kappa shape index (κ2) is 9.55. The monoisotopic (exact) mass is 417 g/mol. The van der Waals surface area contributed by atoms with Crippen LogP contribution in [0.2, 0.25) is 5.02 Å². The maximum absolute atomic E-state index is 12.0. The molecule has 1 aromatic heterocycles. The minimum atomic E-state index is -0.187. The van der Waals surface area contributed by atoms with Crippen molar-refractivity contribution in [2.75, 3.05) is 22.1 Å². The molecule has 3 aromatic rings. The summed E-state index contributed by atoms with van der Waals surface area (Å²) < 4.78 is 0. The zero-order chi connectivity index (χ0) is 19.1. The lowest BCUT2D eigenvalue weighted by Crippen LogP contribution is -2.18. The van der Waals surface area contributed by atoms with Crippen LogP contribution in [-0.2, 0) is 9.59 Å². The third-order valence-corrected chi connectivity index (χ3v) is 5.36. The van der Waals surface area contributed by atoms with Gasteiger partial charge in [-0.15, -0.1) is 23.1 Å². The molecule has 0 aliphatic heterocycles. The number of halogens is 1. The van der Waals surface area contributed by atoms with Crippen molar-refractivity contribution in [3.8, 4) is 11.3 Å². The number of thiazole rings is 1. The van der Waals surface area contributed by atoms with Gasteiger partial charge in [0.15, 0.2) is 5.13 Å². The quantitative estimate of drug-likeness (QED) is 0.580. The number of hydrogen-bond acceptors (Lipinski definition) is 5. The third kappa shape index (κ3) is 6.09. The van der Waals surface area contributed by atoms with E-state index in [1.54, 1.807) is 24.3 Å². The standard InChI is InChI=1S/C19H16ClN3O2S2/c20-14-6-8-15(9-7-14)21-17(24)11-26-12-18(25)23-19-22-16(10-27-19)13-4-2-1-3-5-13/h1-10H,11-12H2,(H,21,24)(H,22,23,25). The van der Waals surface area contributed by atoms with Gasteiger partial charge in [0.1, 0.15) is 0 Å². The summed E-state index contributed by atoms with van der Waals surface area (Å²) in [5, 5.41) is 8.57. The number of rotatable bonds is 7. The minimum absolute atomic E-state index is 0.171. The van der Waals surface area contributed by atoms with Crippen molar-refractivity contribution >= 4 is 57.3 Å². The van der Waals surface area contributed by atoms with Crippen LogP contribution in [0.3, 0.4) is 0 Å². The molecule has 0 aliphatic carbocycles. The summed E-state index contributed by atoms with van der Waals surface area (Å²) in [6, 6.07) is 16.6. The normalized spacial score (nSPS) is 10.4. The first-order valence-corrected chi connectivity index (χ1v) is 10.5. The number of nitrogens with zero attached hydrogens (tertiary/aromatic N) is 1. The fourth-order valence-corrected chi connectivity index (χ4v) is 3.67. The van der Waals surface area contributed by atoms with E-state index in [0.29, 0.717) is 15.8 Å². The average molecular weight is 418 g/mol. The molecule has 2 aromatic carbocycles. The second-order valence-electron chi connectivity index (χ2n) is 5.50. The fourth-order valence-electron chi connectivity index (χ4n) is 2.19. The zero-order valence-corrected chi connectivity index (χ0v) is 16.5. The van der Waals surface area contributed by atoms with E-state index in [4.69, 9.17) is 11.6 Å². The van der Waals surface area contributed by atoms with Crippen LogP contribution in [-0.4, -0.2) is 28.3 Å². The molecule has 0 atom stereocenters. The van der Waals surface area contributed by atoms with Crippen LogP contribution in [0.5, 0.6) is 0 Å². The maximum Gasteiger partial charge on any atom is 0.236 e. The highest BCUT2D eigenvalue weighted by Crippen LogP contribution is 2.24. The van der Waals surface area contributed by atoms with Gasteiger partial charge >= 0.3 is 0 Å². The molecule has 3 rings (SSSR count). The van der Waals surface area contributed by atoms with Gasteiger partial charge in [0.2, 0.25) is 11.8 Å². The Hall–Kier alpha value is -2.35. The predicted molar refractivity (Wildman–Crippen MR) is 114 cm³/mol. The first kappa shape index (κ1) is 19.4. The van der Waals surface area contributed by atoms with Gasteiger partial charge in [-0.3, -0.25) is 9.59 Å². The van der Waals surface area contributed by atoms with Gasteiger partial charge < -0.3 is 10.6 Å². The molecule has 0 saturated heterocycles. The number of nitrogens with one attached hydrogen (secondary N) is 2. The lowest BCUT2D eigenvalue weighted by atomic mass is 10.2. The lowest BCUT2D eigenvalue weighted by molar-refractivity contribution is -0.114. The van der Waals surface area contributed by atoms with Crippen molar-refractivity contribution < 1.29 is 9.59 Å². The van der Waals surface area contributed by atoms with E-state index in [0.717, 1.165) is 11.3 Å². The Balaban J connectivity index is 1.41. The summed E-state index contributed by atoms with van der Waals surface area (Å²) in [6.07, 6.45) is 0. The molecule has 0 saturated carbocycles. The van der Waals surface area contributed by atoms with Crippen molar-refractivity contribution in [1.29, 1.82) is 0 Å². The number of amides is 2. The number of carbonyl (C=O) groups is 2. The van der Waals surface area contributed by atoms with Crippen molar-refractivity contribution in [1.82, 2.24) is 4.98 Å². The topological polar surface area (TPSA) is 71.1 Å². The number of benzene rings is 2. The first-order chi connectivity index (χ1) is 13.1. The summed E-state index contributed by atoms with van der Waals surface area (Å²) in [4.78, 5) is 28.3. The molecule has 8 heteroatoms. The molecule has 0 radical (unpaired) electrons. The van der Waals surface area contributed by atoms with E-state index in [1.165, 1.54) is 23.1 Å². The van der Waals surface area contributed by atoms with Crippen LogP contribution in [0.25, 0.3) is 11.3 Å². The van der Waals surface area contributed by atoms with Gasteiger partial charge in [0.05, 0.1) is 17.2 Å². The van der Waals surface area contributed by atoms with Crippen molar-refractivity contribution in [3.63, 3.8) is 0 Å². The average Bonchev–Trinajstić information content (AvgIpc) is 3.13. The van der Waals surface area contributed by atoms with Crippen molar-refractivity contribution in [3.05, 3.63) is 65.0 Å². The molecule has 0 bridgehead atoms. The van der Waals surface area contributed by atoms with E-state index in [1.807, 2.05) is 35.7 Å². The van der Waals surface area contributed by atoms with E-state index < -0.39 is 0 Å². The molecule has 0 fully saturated rings. The summed E-state index contributed by atoms with van der Waals surface area (Å²) in [6.45, 7) is 0. The molecule has 2 amide bonds. The molecular formula is C19H16ClN3O2S2. The van der Waals surface area contributed by atoms with E-state index in [9.17, 15) is 9.59 Å². The van der Waals surface area contributed by atoms with Gasteiger partial charge in [-0.1, -0.05) is 41.9 Å². The van der Waals surface area contributed by atoms with Crippen molar-refractivity contribution in [2.45, 2.75) is 0 Å². The van der Waals surface area contributed by atoms with Crippen LogP contribution >= 0.6 is 34.7 Å². The summed E-state index contributed by atoms with van der Waals surface area (Å²) >= 11 is 8.42. The molecule has 0 aliphatic rings. The molecule has 0 spiro atoms. The van der Waals surface area contributed by atoms with Gasteiger partial charge in [-0.25, -0.2) is 4.98 Å². The van der Waals surface area contributed by atoms with E-state index in [2.05, 4.69) is 15.6 Å². The summed E-state index contributed by atoms with van der Waals surface area (Å²) in [5.74, 6) is 0.00118. The Morgan fingerprint density at radius 3 is 2.33 bits per heavy atom. The second-order valence-corrected chi connectivity index (χ2v) is 7.78. The molecule has 5 nitrogen and oxygen atoms in total. The Kier molecular flexibility index (Phi) is 6.86. The number of thioether (sulfide) groups is 1. The number of anilines is 2. The van der Waals surface area contributed by atoms with Crippen LogP contribution < -0.4 is 10.6 Å². The zero-order valence-electron chi connectivity index (χ0n) is 14.1. The highest BCUT2D eigenvalue weighted by Gasteiger charge is 2.09. The molecule has 2 N–H and O–H groups in total. The molecule has 1 heterocycles. The maximum atomic E-state index is 12.0. The summed E-state index contributed by atoms with van der Waals surface area (Å²) in [7, 11) is 0. The van der Waals surface area contributed by atoms with Crippen LogP contribution in [0, 0.1) is 0 Å². The Morgan fingerprint density at radius 2 is 1.63 bits per heavy atom. The highest BCUT2D eigenvalue weighted by atomic mass is 35.5. The SMILES string of the molecule is O=C(CSCC(=O)Nc1nc(-c2ccccc2)cs1)Nc1ccc(Cl)cc1. The predicted octanol–water partition coefficient (Wildman–Crippen LogP) is 4.77. The molecule has 27 heavy (non-hydrogen) atoms. The number of aromatic nitrogens is 1. The van der Waals surface area contributed by atoms with Gasteiger partial charge in [0.25, 0.3) is 0 Å². The Labute approximate surface area is 170 Å². The Bertz CT molecular complexity index is 914. The van der Waals surface area contributed by atoms with E-state index in [-0.39, 0.29) is 23.3 Å². The molecular weight excluding hydrogens is 402 g/mol. The third-order valence-electron chi connectivity index (χ3n) is 3.41. The fraction of sp³-hybridized carbons (Fsp3) is 0.105. The van der Waals surface area contributed by atoms with Crippen LogP contribution in [0.4, 0.5) is 10.8 Å². The lowest BCUT2D eigenvalue weighted by Gasteiger charge is -2.05. The highest BCUT2D eigenvalue weighted by molar-refractivity contribution is 8.00. The van der Waals surface area contributed by atoms with Gasteiger partial charge in [0, 0.05) is 21.7 Å². The van der Waals surface area contributed by atoms with Gasteiger partial charge in [-0.2, -0.15) is 0 Å². The summed E-state index contributed by atoms with van der Waals surface area (Å²) in [5.41, 5.74) is 2.50. The number of hydrogen-bond donors (Lipinski definition) is 2.